The van der Waals surface area contributed by atoms with Crippen LogP contribution in [-0.2, 0) is 4.74 Å². The Morgan fingerprint density at radius 1 is 0.952 bits per heavy atom. The predicted octanol–water partition coefficient (Wildman–Crippen LogP) is 3.98. The van der Waals surface area contributed by atoms with Crippen molar-refractivity contribution < 1.29 is 19.0 Å². The summed E-state index contributed by atoms with van der Waals surface area (Å²) in [5, 5.41) is 1.74. The number of aryl methyl sites for hydroxylation is 1. The summed E-state index contributed by atoms with van der Waals surface area (Å²) in [6.45, 7) is 5.94. The Morgan fingerprint density at radius 3 is 2.14 bits per heavy atom. The molecule has 0 aliphatic rings. The monoisotopic (exact) mass is 290 g/mol. The molecule has 0 radical (unpaired) electrons. The maximum absolute atomic E-state index is 11.6. The van der Waals surface area contributed by atoms with Crippen LogP contribution in [0.5, 0.6) is 11.5 Å². The van der Waals surface area contributed by atoms with Crippen molar-refractivity contribution in [1.29, 1.82) is 0 Å². The minimum Gasteiger partial charge on any atom is -0.496 e. The molecule has 0 amide bonds. The van der Waals surface area contributed by atoms with Crippen LogP contribution >= 0.6 is 0 Å². The second kappa shape index (κ2) is 7.53. The van der Waals surface area contributed by atoms with Gasteiger partial charge in [0.05, 0.1) is 26.9 Å². The van der Waals surface area contributed by atoms with Crippen LogP contribution < -0.4 is 9.47 Å². The van der Waals surface area contributed by atoms with Crippen molar-refractivity contribution >= 4 is 16.7 Å². The third kappa shape index (κ3) is 3.27. The molecule has 4 heteroatoms. The molecule has 0 spiro atoms. The minimum absolute atomic E-state index is 0.371. The van der Waals surface area contributed by atoms with E-state index >= 15 is 0 Å². The van der Waals surface area contributed by atoms with Gasteiger partial charge >= 0.3 is 5.97 Å². The number of hydrogen-bond acceptors (Lipinski definition) is 4. The average molecular weight is 290 g/mol. The van der Waals surface area contributed by atoms with E-state index in [9.17, 15) is 4.79 Å². The lowest BCUT2D eigenvalue weighted by molar-refractivity contribution is 0.0601. The van der Waals surface area contributed by atoms with E-state index in [-0.39, 0.29) is 5.97 Å². The van der Waals surface area contributed by atoms with Crippen LogP contribution in [0.2, 0.25) is 0 Å². The quantitative estimate of drug-likeness (QED) is 0.802. The van der Waals surface area contributed by atoms with Gasteiger partial charge in [-0.25, -0.2) is 4.79 Å². The van der Waals surface area contributed by atoms with Gasteiger partial charge in [0.15, 0.2) is 0 Å². The smallest absolute Gasteiger partial charge is 0.337 e. The Bertz CT molecular complexity index is 632. The molecule has 2 aromatic rings. The Hall–Kier alpha value is -2.23. The van der Waals surface area contributed by atoms with Crippen molar-refractivity contribution in [3.05, 3.63) is 35.4 Å². The highest BCUT2D eigenvalue weighted by atomic mass is 16.5. The van der Waals surface area contributed by atoms with Gasteiger partial charge in [0, 0.05) is 10.8 Å². The third-order valence-corrected chi connectivity index (χ3v) is 3.08. The maximum atomic E-state index is 11.6. The van der Waals surface area contributed by atoms with Crippen molar-refractivity contribution in [3.8, 4) is 11.5 Å². The second-order valence-electron chi connectivity index (χ2n) is 4.18. The van der Waals surface area contributed by atoms with Gasteiger partial charge in [-0.15, -0.1) is 0 Å². The van der Waals surface area contributed by atoms with Crippen LogP contribution in [0.1, 0.15) is 29.8 Å². The van der Waals surface area contributed by atoms with Crippen molar-refractivity contribution in [3.63, 3.8) is 0 Å². The van der Waals surface area contributed by atoms with E-state index < -0.39 is 0 Å². The van der Waals surface area contributed by atoms with E-state index in [1.54, 1.807) is 26.4 Å². The normalized spacial score (nSPS) is 9.62. The molecule has 0 aromatic heterocycles. The number of rotatable bonds is 3. The molecule has 0 fully saturated rings. The fraction of sp³-hybridized carbons (Fsp3) is 0.353. The summed E-state index contributed by atoms with van der Waals surface area (Å²) in [5.41, 5.74) is 1.44. The van der Waals surface area contributed by atoms with Gasteiger partial charge in [0.25, 0.3) is 0 Å². The van der Waals surface area contributed by atoms with Gasteiger partial charge in [-0.3, -0.25) is 0 Å². The number of benzene rings is 2. The van der Waals surface area contributed by atoms with Crippen molar-refractivity contribution in [2.75, 3.05) is 21.3 Å². The summed E-state index contributed by atoms with van der Waals surface area (Å²) >= 11 is 0. The lowest BCUT2D eigenvalue weighted by atomic mass is 10.0. The first-order valence-electron chi connectivity index (χ1n) is 6.86. The van der Waals surface area contributed by atoms with E-state index in [1.165, 1.54) is 7.11 Å². The number of esters is 1. The molecule has 0 saturated carbocycles. The molecule has 21 heavy (non-hydrogen) atoms. The molecule has 0 unspecified atom stereocenters. The van der Waals surface area contributed by atoms with E-state index in [2.05, 4.69) is 0 Å². The van der Waals surface area contributed by atoms with Gasteiger partial charge in [0.1, 0.15) is 11.5 Å². The van der Waals surface area contributed by atoms with Gasteiger partial charge in [-0.05, 0) is 36.8 Å². The molecule has 2 rings (SSSR count). The zero-order valence-corrected chi connectivity index (χ0v) is 13.4. The lowest BCUT2D eigenvalue weighted by Gasteiger charge is -2.13. The average Bonchev–Trinajstić information content (AvgIpc) is 2.54. The van der Waals surface area contributed by atoms with Crippen LogP contribution in [0, 0.1) is 6.92 Å². The largest absolute Gasteiger partial charge is 0.496 e. The third-order valence-electron chi connectivity index (χ3n) is 3.08. The number of fused-ring (bicyclic) bond motifs is 1. The molecule has 0 saturated heterocycles. The summed E-state index contributed by atoms with van der Waals surface area (Å²) < 4.78 is 15.5. The first kappa shape index (κ1) is 16.8. The Balaban J connectivity index is 0.00000106. The van der Waals surface area contributed by atoms with E-state index in [1.807, 2.05) is 32.9 Å². The molecule has 0 bridgehead atoms. The molecule has 0 heterocycles. The van der Waals surface area contributed by atoms with Gasteiger partial charge < -0.3 is 14.2 Å². The summed E-state index contributed by atoms with van der Waals surface area (Å²) in [6, 6.07) is 7.22. The Labute approximate surface area is 125 Å². The number of carbonyl (C=O) groups excluding carboxylic acids is 1. The molecule has 0 aliphatic carbocycles. The number of hydrogen-bond donors (Lipinski definition) is 0. The molecule has 0 N–H and O–H groups in total. The summed E-state index contributed by atoms with van der Waals surface area (Å²) in [4.78, 5) is 11.6. The van der Waals surface area contributed by atoms with Crippen LogP contribution in [0.4, 0.5) is 0 Å². The zero-order valence-electron chi connectivity index (χ0n) is 13.4. The highest BCUT2D eigenvalue weighted by Crippen LogP contribution is 2.36. The van der Waals surface area contributed by atoms with E-state index in [4.69, 9.17) is 14.2 Å². The van der Waals surface area contributed by atoms with Gasteiger partial charge in [-0.1, -0.05) is 13.8 Å². The van der Waals surface area contributed by atoms with Crippen molar-refractivity contribution in [2.24, 2.45) is 0 Å². The summed E-state index contributed by atoms with van der Waals surface area (Å²) in [5.74, 6) is 1.12. The minimum atomic E-state index is -0.371. The molecule has 0 atom stereocenters. The Morgan fingerprint density at radius 2 is 1.62 bits per heavy atom. The van der Waals surface area contributed by atoms with E-state index in [0.29, 0.717) is 5.56 Å². The fourth-order valence-corrected chi connectivity index (χ4v) is 2.18. The van der Waals surface area contributed by atoms with Crippen LogP contribution in [0.25, 0.3) is 10.8 Å². The second-order valence-corrected chi connectivity index (χ2v) is 4.18. The first-order valence-corrected chi connectivity index (χ1v) is 6.86. The predicted molar refractivity (Wildman–Crippen MR) is 84.5 cm³/mol. The molecule has 114 valence electrons. The first-order chi connectivity index (χ1) is 10.1. The summed E-state index contributed by atoms with van der Waals surface area (Å²) in [7, 11) is 4.59. The molecule has 2 aromatic carbocycles. The SMILES string of the molecule is CC.COC(=O)c1ccc2c(OC)cc(C)c(OC)c2c1. The van der Waals surface area contributed by atoms with Crippen LogP contribution in [0.15, 0.2) is 24.3 Å². The zero-order chi connectivity index (χ0) is 16.0. The molecular formula is C17H22O4. The van der Waals surface area contributed by atoms with Crippen LogP contribution in [0.3, 0.4) is 0 Å². The highest BCUT2D eigenvalue weighted by Gasteiger charge is 2.14. The van der Waals surface area contributed by atoms with Crippen molar-refractivity contribution in [1.82, 2.24) is 0 Å². The fourth-order valence-electron chi connectivity index (χ4n) is 2.18. The lowest BCUT2D eigenvalue weighted by Crippen LogP contribution is -2.01. The Kier molecular flexibility index (Phi) is 6.03. The molecule has 4 nitrogen and oxygen atoms in total. The number of ether oxygens (including phenoxy) is 3. The van der Waals surface area contributed by atoms with Gasteiger partial charge in [-0.2, -0.15) is 0 Å². The van der Waals surface area contributed by atoms with Crippen molar-refractivity contribution in [2.45, 2.75) is 20.8 Å². The highest BCUT2D eigenvalue weighted by molar-refractivity contribution is 6.00. The summed E-state index contributed by atoms with van der Waals surface area (Å²) in [6.07, 6.45) is 0. The number of methoxy groups -OCH3 is 3. The van der Waals surface area contributed by atoms with E-state index in [0.717, 1.165) is 27.8 Å². The maximum Gasteiger partial charge on any atom is 0.337 e. The van der Waals surface area contributed by atoms with Crippen LogP contribution in [-0.4, -0.2) is 27.3 Å². The molecule has 0 aliphatic heterocycles. The van der Waals surface area contributed by atoms with Gasteiger partial charge in [0.2, 0.25) is 0 Å². The standard InChI is InChI=1S/C15H16O4.C2H6/c1-9-7-13(17-2)11-6-5-10(15(16)19-4)8-12(11)14(9)18-3;1-2/h5-8H,1-4H3;1-2H3. The number of carbonyl (C=O) groups is 1. The molecular weight excluding hydrogens is 268 g/mol. The topological polar surface area (TPSA) is 44.8 Å².